The van der Waals surface area contributed by atoms with Crippen molar-refractivity contribution < 1.29 is 27.5 Å². The molecule has 0 spiro atoms. The van der Waals surface area contributed by atoms with Crippen molar-refractivity contribution in [3.63, 3.8) is 0 Å². The van der Waals surface area contributed by atoms with Gasteiger partial charge in [0.1, 0.15) is 11.4 Å². The van der Waals surface area contributed by atoms with Gasteiger partial charge in [0, 0.05) is 18.7 Å². The largest absolute Gasteiger partial charge is 0.446 e. The lowest BCUT2D eigenvalue weighted by Crippen LogP contribution is -2.42. The fraction of sp³-hybridized carbons (Fsp3) is 0.318. The number of hydrogen-bond acceptors (Lipinski definition) is 6. The third-order valence-electron chi connectivity index (χ3n) is 5.43. The topological polar surface area (TPSA) is 101 Å². The summed E-state index contributed by atoms with van der Waals surface area (Å²) in [4.78, 5) is 39.9. The van der Waals surface area contributed by atoms with Gasteiger partial charge in [0.05, 0.1) is 5.56 Å². The minimum atomic E-state index is -4.14. The average Bonchev–Trinajstić information content (AvgIpc) is 2.99. The second-order valence-electron chi connectivity index (χ2n) is 7.48. The van der Waals surface area contributed by atoms with Gasteiger partial charge in [-0.3, -0.25) is 14.4 Å². The van der Waals surface area contributed by atoms with E-state index in [4.69, 9.17) is 4.74 Å². The Kier molecular flexibility index (Phi) is 5.77. The number of piperidine rings is 1. The molecule has 0 N–H and O–H groups in total. The van der Waals surface area contributed by atoms with Gasteiger partial charge in [-0.25, -0.2) is 12.7 Å². The second-order valence-corrected chi connectivity index (χ2v) is 9.31. The molecule has 8 nitrogen and oxygen atoms in total. The molecule has 9 heteroatoms. The molecule has 31 heavy (non-hydrogen) atoms. The molecule has 4 rings (SSSR count). The summed E-state index contributed by atoms with van der Waals surface area (Å²) >= 11 is 0. The van der Waals surface area contributed by atoms with Gasteiger partial charge in [0.2, 0.25) is 6.10 Å². The van der Waals surface area contributed by atoms with Gasteiger partial charge in [-0.2, -0.15) is 0 Å². The number of sulfonamides is 1. The first-order valence-corrected chi connectivity index (χ1v) is 11.5. The van der Waals surface area contributed by atoms with Crippen molar-refractivity contribution >= 4 is 27.8 Å². The van der Waals surface area contributed by atoms with Crippen LogP contribution in [0.4, 0.5) is 0 Å². The summed E-state index contributed by atoms with van der Waals surface area (Å²) in [5.41, 5.74) is 0.504. The Bertz CT molecular complexity index is 1110. The van der Waals surface area contributed by atoms with Gasteiger partial charge in [-0.05, 0) is 31.4 Å². The first-order valence-electron chi connectivity index (χ1n) is 10.1. The van der Waals surface area contributed by atoms with E-state index in [1.54, 1.807) is 41.3 Å². The predicted molar refractivity (Wildman–Crippen MR) is 110 cm³/mol. The zero-order valence-corrected chi connectivity index (χ0v) is 17.6. The lowest BCUT2D eigenvalue weighted by atomic mass is 10.1. The SMILES string of the molecule is O=C(CN1C(=O)c2ccccc2S1(=O)=O)OC(C(=O)N1CCCCC1)c1ccccc1. The van der Waals surface area contributed by atoms with Crippen molar-refractivity contribution in [2.45, 2.75) is 30.3 Å². The Hall–Kier alpha value is -3.20. The van der Waals surface area contributed by atoms with Crippen molar-refractivity contribution in [2.75, 3.05) is 19.6 Å². The molecule has 1 saturated heterocycles. The summed E-state index contributed by atoms with van der Waals surface area (Å²) < 4.78 is 31.3. The predicted octanol–water partition coefficient (Wildman–Crippen LogP) is 2.13. The normalized spacial score (nSPS) is 18.4. The molecular weight excluding hydrogens is 420 g/mol. The maximum absolute atomic E-state index is 13.1. The van der Waals surface area contributed by atoms with Crippen molar-refractivity contribution in [1.29, 1.82) is 0 Å². The summed E-state index contributed by atoms with van der Waals surface area (Å²) in [6.45, 7) is 0.356. The Morgan fingerprint density at radius 1 is 0.935 bits per heavy atom. The number of benzene rings is 2. The molecular formula is C22H22N2O6S. The monoisotopic (exact) mass is 442 g/mol. The van der Waals surface area contributed by atoms with Crippen LogP contribution in [0.1, 0.15) is 41.3 Å². The molecule has 0 aromatic heterocycles. The Morgan fingerprint density at radius 2 is 1.58 bits per heavy atom. The maximum atomic E-state index is 13.1. The van der Waals surface area contributed by atoms with Crippen molar-refractivity contribution in [3.05, 3.63) is 65.7 Å². The van der Waals surface area contributed by atoms with Crippen molar-refractivity contribution in [2.24, 2.45) is 0 Å². The van der Waals surface area contributed by atoms with Crippen LogP contribution in [0.2, 0.25) is 0 Å². The molecule has 0 aliphatic carbocycles. The van der Waals surface area contributed by atoms with Crippen molar-refractivity contribution in [1.82, 2.24) is 9.21 Å². The highest BCUT2D eigenvalue weighted by Gasteiger charge is 2.42. The third kappa shape index (κ3) is 4.05. The summed E-state index contributed by atoms with van der Waals surface area (Å²) in [5, 5.41) is 0. The zero-order valence-electron chi connectivity index (χ0n) is 16.8. The number of likely N-dealkylation sites (tertiary alicyclic amines) is 1. The number of carbonyl (C=O) groups excluding carboxylic acids is 3. The quantitative estimate of drug-likeness (QED) is 0.658. The highest BCUT2D eigenvalue weighted by Crippen LogP contribution is 2.30. The number of hydrogen-bond donors (Lipinski definition) is 0. The van der Waals surface area contributed by atoms with Gasteiger partial charge < -0.3 is 9.64 Å². The lowest BCUT2D eigenvalue weighted by Gasteiger charge is -2.30. The molecule has 2 aliphatic heterocycles. The standard InChI is InChI=1S/C22H22N2O6S/c25-19(15-24-21(26)17-11-5-6-12-18(17)31(24,28)29)30-20(16-9-3-1-4-10-16)22(27)23-13-7-2-8-14-23/h1,3-6,9-12,20H,2,7-8,13-15H2. The lowest BCUT2D eigenvalue weighted by molar-refractivity contribution is -0.161. The Labute approximate surface area is 180 Å². The van der Waals surface area contributed by atoms with E-state index in [0.717, 1.165) is 19.3 Å². The first-order chi connectivity index (χ1) is 14.9. The fourth-order valence-corrected chi connectivity index (χ4v) is 5.36. The van der Waals surface area contributed by atoms with Crippen LogP contribution >= 0.6 is 0 Å². The molecule has 0 radical (unpaired) electrons. The van der Waals surface area contributed by atoms with Gasteiger partial charge >= 0.3 is 5.97 Å². The highest BCUT2D eigenvalue weighted by atomic mass is 32.2. The zero-order chi connectivity index (χ0) is 22.0. The first kappa shape index (κ1) is 21.0. The molecule has 2 aromatic carbocycles. The Balaban J connectivity index is 1.54. The van der Waals surface area contributed by atoms with E-state index in [9.17, 15) is 22.8 Å². The van der Waals surface area contributed by atoms with Crippen LogP contribution in [-0.4, -0.2) is 55.0 Å². The highest BCUT2D eigenvalue weighted by molar-refractivity contribution is 7.90. The minimum absolute atomic E-state index is 0.0132. The fourth-order valence-electron chi connectivity index (χ4n) is 3.84. The van der Waals surface area contributed by atoms with Crippen LogP contribution in [0.3, 0.4) is 0 Å². The second kappa shape index (κ2) is 8.50. The van der Waals surface area contributed by atoms with Gasteiger partial charge in [0.25, 0.3) is 21.8 Å². The van der Waals surface area contributed by atoms with E-state index in [0.29, 0.717) is 23.0 Å². The van der Waals surface area contributed by atoms with Gasteiger partial charge in [-0.15, -0.1) is 0 Å². The third-order valence-corrected chi connectivity index (χ3v) is 7.22. The molecule has 2 aliphatic rings. The number of amides is 2. The summed E-state index contributed by atoms with van der Waals surface area (Å²) in [5.74, 6) is -2.10. The number of esters is 1. The van der Waals surface area contributed by atoms with Crippen LogP contribution < -0.4 is 0 Å². The number of ether oxygens (including phenoxy) is 1. The molecule has 2 heterocycles. The van der Waals surface area contributed by atoms with Gasteiger partial charge in [-0.1, -0.05) is 42.5 Å². The minimum Gasteiger partial charge on any atom is -0.446 e. The molecule has 1 fully saturated rings. The van der Waals surface area contributed by atoms with E-state index in [1.165, 1.54) is 18.2 Å². The van der Waals surface area contributed by atoms with Crippen molar-refractivity contribution in [3.8, 4) is 0 Å². The molecule has 2 aromatic rings. The summed E-state index contributed by atoms with van der Waals surface area (Å²) in [6.07, 6.45) is 1.59. The number of fused-ring (bicyclic) bond motifs is 1. The molecule has 0 saturated carbocycles. The molecule has 1 unspecified atom stereocenters. The van der Waals surface area contributed by atoms with E-state index >= 15 is 0 Å². The van der Waals surface area contributed by atoms with E-state index in [1.807, 2.05) is 0 Å². The van der Waals surface area contributed by atoms with E-state index in [2.05, 4.69) is 0 Å². The van der Waals surface area contributed by atoms with Crippen LogP contribution in [0.15, 0.2) is 59.5 Å². The molecule has 0 bridgehead atoms. The Morgan fingerprint density at radius 3 is 2.26 bits per heavy atom. The summed E-state index contributed by atoms with van der Waals surface area (Å²) in [7, 11) is -4.14. The van der Waals surface area contributed by atoms with Gasteiger partial charge in [0.15, 0.2) is 0 Å². The number of rotatable bonds is 5. The summed E-state index contributed by atoms with van der Waals surface area (Å²) in [6, 6.07) is 14.4. The maximum Gasteiger partial charge on any atom is 0.328 e. The van der Waals surface area contributed by atoms with E-state index < -0.39 is 34.5 Å². The number of nitrogens with zero attached hydrogens (tertiary/aromatic N) is 2. The van der Waals surface area contributed by atoms with Crippen LogP contribution in [0.5, 0.6) is 0 Å². The average molecular weight is 442 g/mol. The van der Waals surface area contributed by atoms with Crippen LogP contribution in [-0.2, 0) is 24.3 Å². The van der Waals surface area contributed by atoms with E-state index in [-0.39, 0.29) is 16.4 Å². The number of carbonyl (C=O) groups is 3. The molecule has 162 valence electrons. The smallest absolute Gasteiger partial charge is 0.328 e. The molecule has 2 amide bonds. The molecule has 1 atom stereocenters. The van der Waals surface area contributed by atoms with Crippen LogP contribution in [0, 0.1) is 0 Å². The van der Waals surface area contributed by atoms with Crippen LogP contribution in [0.25, 0.3) is 0 Å².